The lowest BCUT2D eigenvalue weighted by atomic mass is 10.2. The standard InChI is InChI=1S/C20H17FN2O3S/c21-17-8-6-16(7-9-17)20(24)23-18-10-12-19(13-11-18)27(25,26)22-14-15-4-2-1-3-5-15/h1-13,22H,14H2,(H,23,24). The van der Waals surface area contributed by atoms with Crippen molar-refractivity contribution in [2.75, 3.05) is 5.32 Å². The fourth-order valence-corrected chi connectivity index (χ4v) is 3.40. The number of amides is 1. The molecule has 0 aliphatic carbocycles. The Morgan fingerprint density at radius 2 is 1.48 bits per heavy atom. The monoisotopic (exact) mass is 384 g/mol. The van der Waals surface area contributed by atoms with Gasteiger partial charge in [0.2, 0.25) is 10.0 Å². The number of carbonyl (C=O) groups excluding carboxylic acids is 1. The maximum Gasteiger partial charge on any atom is 0.255 e. The van der Waals surface area contributed by atoms with Crippen LogP contribution in [-0.2, 0) is 16.6 Å². The summed E-state index contributed by atoms with van der Waals surface area (Å²) in [6.45, 7) is 0.187. The highest BCUT2D eigenvalue weighted by Gasteiger charge is 2.14. The van der Waals surface area contributed by atoms with Crippen molar-refractivity contribution in [1.82, 2.24) is 4.72 Å². The third-order valence-corrected chi connectivity index (χ3v) is 5.26. The van der Waals surface area contributed by atoms with Crippen molar-refractivity contribution in [1.29, 1.82) is 0 Å². The molecule has 0 aliphatic rings. The van der Waals surface area contributed by atoms with Gasteiger partial charge in [0.15, 0.2) is 0 Å². The summed E-state index contributed by atoms with van der Waals surface area (Å²) >= 11 is 0. The average Bonchev–Trinajstić information content (AvgIpc) is 2.68. The van der Waals surface area contributed by atoms with E-state index in [9.17, 15) is 17.6 Å². The Bertz CT molecular complexity index is 1020. The van der Waals surface area contributed by atoms with Crippen molar-refractivity contribution in [3.63, 3.8) is 0 Å². The molecule has 138 valence electrons. The molecular weight excluding hydrogens is 367 g/mol. The molecule has 1 amide bonds. The van der Waals surface area contributed by atoms with Crippen LogP contribution in [0.15, 0.2) is 83.8 Å². The summed E-state index contributed by atoms with van der Waals surface area (Å²) in [5, 5.41) is 2.64. The van der Waals surface area contributed by atoms with Crippen LogP contribution in [0.3, 0.4) is 0 Å². The third kappa shape index (κ3) is 4.99. The van der Waals surface area contributed by atoms with Crippen LogP contribution < -0.4 is 10.0 Å². The molecule has 3 aromatic rings. The number of hydrogen-bond donors (Lipinski definition) is 2. The number of nitrogens with one attached hydrogen (secondary N) is 2. The minimum Gasteiger partial charge on any atom is -0.322 e. The van der Waals surface area contributed by atoms with Crippen LogP contribution >= 0.6 is 0 Å². The van der Waals surface area contributed by atoms with Gasteiger partial charge < -0.3 is 5.32 Å². The predicted octanol–water partition coefficient (Wildman–Crippen LogP) is 3.56. The first-order valence-electron chi connectivity index (χ1n) is 8.15. The Labute approximate surface area is 156 Å². The Hall–Kier alpha value is -3.03. The molecule has 5 nitrogen and oxygen atoms in total. The molecule has 0 saturated heterocycles. The van der Waals surface area contributed by atoms with Crippen LogP contribution in [0.25, 0.3) is 0 Å². The molecule has 7 heteroatoms. The van der Waals surface area contributed by atoms with Gasteiger partial charge in [-0.25, -0.2) is 17.5 Å². The van der Waals surface area contributed by atoms with E-state index in [1.54, 1.807) is 0 Å². The minimum absolute atomic E-state index is 0.0956. The van der Waals surface area contributed by atoms with E-state index >= 15 is 0 Å². The first-order valence-corrected chi connectivity index (χ1v) is 9.63. The van der Waals surface area contributed by atoms with Crippen molar-refractivity contribution in [3.05, 3.63) is 95.8 Å². The van der Waals surface area contributed by atoms with Gasteiger partial charge in [-0.15, -0.1) is 0 Å². The Morgan fingerprint density at radius 1 is 0.852 bits per heavy atom. The van der Waals surface area contributed by atoms with Gasteiger partial charge in [0.25, 0.3) is 5.91 Å². The van der Waals surface area contributed by atoms with Gasteiger partial charge in [-0.2, -0.15) is 0 Å². The van der Waals surface area contributed by atoms with E-state index in [1.165, 1.54) is 48.5 Å². The van der Waals surface area contributed by atoms with Gasteiger partial charge in [0.05, 0.1) is 4.90 Å². The molecule has 0 saturated carbocycles. The van der Waals surface area contributed by atoms with Gasteiger partial charge in [0, 0.05) is 17.8 Å². The lowest BCUT2D eigenvalue weighted by Gasteiger charge is -2.09. The number of anilines is 1. The molecule has 0 fully saturated rings. The maximum absolute atomic E-state index is 12.9. The number of halogens is 1. The summed E-state index contributed by atoms with van der Waals surface area (Å²) in [4.78, 5) is 12.2. The minimum atomic E-state index is -3.67. The zero-order chi connectivity index (χ0) is 19.3. The van der Waals surface area contributed by atoms with E-state index in [0.29, 0.717) is 11.3 Å². The molecule has 3 aromatic carbocycles. The van der Waals surface area contributed by atoms with Crippen molar-refractivity contribution < 1.29 is 17.6 Å². The fourth-order valence-electron chi connectivity index (χ4n) is 2.38. The number of hydrogen-bond acceptors (Lipinski definition) is 3. The van der Waals surface area contributed by atoms with Crippen molar-refractivity contribution in [2.24, 2.45) is 0 Å². The molecule has 2 N–H and O–H groups in total. The van der Waals surface area contributed by atoms with Crippen LogP contribution in [0.4, 0.5) is 10.1 Å². The van der Waals surface area contributed by atoms with Crippen molar-refractivity contribution in [3.8, 4) is 0 Å². The maximum atomic E-state index is 12.9. The van der Waals surface area contributed by atoms with E-state index in [2.05, 4.69) is 10.0 Å². The second kappa shape index (κ2) is 8.11. The number of rotatable bonds is 6. The summed E-state index contributed by atoms with van der Waals surface area (Å²) in [7, 11) is -3.67. The molecule has 0 atom stereocenters. The summed E-state index contributed by atoms with van der Waals surface area (Å²) in [5.74, 6) is -0.836. The Balaban J connectivity index is 1.65. The van der Waals surface area contributed by atoms with Crippen LogP contribution in [0.2, 0.25) is 0 Å². The molecule has 0 spiro atoms. The smallest absolute Gasteiger partial charge is 0.255 e. The van der Waals surface area contributed by atoms with E-state index in [-0.39, 0.29) is 11.4 Å². The summed E-state index contributed by atoms with van der Waals surface area (Å²) in [5.41, 5.74) is 1.59. The average molecular weight is 384 g/mol. The van der Waals surface area contributed by atoms with Crippen LogP contribution in [0, 0.1) is 5.82 Å². The quantitative estimate of drug-likeness (QED) is 0.682. The molecule has 0 radical (unpaired) electrons. The SMILES string of the molecule is O=C(Nc1ccc(S(=O)(=O)NCc2ccccc2)cc1)c1ccc(F)cc1. The topological polar surface area (TPSA) is 75.3 Å². The van der Waals surface area contributed by atoms with Gasteiger partial charge in [-0.05, 0) is 54.1 Å². The number of sulfonamides is 1. The highest BCUT2D eigenvalue weighted by Crippen LogP contribution is 2.16. The molecule has 0 heterocycles. The van der Waals surface area contributed by atoms with Crippen molar-refractivity contribution >= 4 is 21.6 Å². The molecular formula is C20H17FN2O3S. The highest BCUT2D eigenvalue weighted by atomic mass is 32.2. The first-order chi connectivity index (χ1) is 12.9. The molecule has 0 bridgehead atoms. The normalized spacial score (nSPS) is 11.1. The second-order valence-electron chi connectivity index (χ2n) is 5.80. The molecule has 0 aliphatic heterocycles. The van der Waals surface area contributed by atoms with Gasteiger partial charge in [-0.3, -0.25) is 4.79 Å². The van der Waals surface area contributed by atoms with E-state index in [4.69, 9.17) is 0 Å². The summed E-state index contributed by atoms with van der Waals surface area (Å²) in [6, 6.07) is 20.1. The molecule has 0 aromatic heterocycles. The molecule has 27 heavy (non-hydrogen) atoms. The van der Waals surface area contributed by atoms with E-state index in [1.807, 2.05) is 30.3 Å². The number of benzene rings is 3. The van der Waals surface area contributed by atoms with E-state index in [0.717, 1.165) is 5.56 Å². The highest BCUT2D eigenvalue weighted by molar-refractivity contribution is 7.89. The second-order valence-corrected chi connectivity index (χ2v) is 7.56. The van der Waals surface area contributed by atoms with Crippen molar-refractivity contribution in [2.45, 2.75) is 11.4 Å². The van der Waals surface area contributed by atoms with Gasteiger partial charge >= 0.3 is 0 Å². The Morgan fingerprint density at radius 3 is 2.11 bits per heavy atom. The molecule has 0 unspecified atom stereocenters. The summed E-state index contributed by atoms with van der Waals surface area (Å²) < 4.78 is 40.2. The zero-order valence-electron chi connectivity index (χ0n) is 14.2. The Kier molecular flexibility index (Phi) is 5.63. The van der Waals surface area contributed by atoms with Crippen LogP contribution in [0.5, 0.6) is 0 Å². The molecule has 3 rings (SSSR count). The lowest BCUT2D eigenvalue weighted by molar-refractivity contribution is 0.102. The largest absolute Gasteiger partial charge is 0.322 e. The fraction of sp³-hybridized carbons (Fsp3) is 0.0500. The van der Waals surface area contributed by atoms with Gasteiger partial charge in [-0.1, -0.05) is 30.3 Å². The zero-order valence-corrected chi connectivity index (χ0v) is 15.0. The summed E-state index contributed by atoms with van der Waals surface area (Å²) in [6.07, 6.45) is 0. The predicted molar refractivity (Wildman–Crippen MR) is 101 cm³/mol. The van der Waals surface area contributed by atoms with Crippen LogP contribution in [0.1, 0.15) is 15.9 Å². The number of carbonyl (C=O) groups is 1. The first kappa shape index (κ1) is 18.8. The third-order valence-electron chi connectivity index (χ3n) is 3.84. The van der Waals surface area contributed by atoms with Crippen LogP contribution in [-0.4, -0.2) is 14.3 Å². The van der Waals surface area contributed by atoms with E-state index < -0.39 is 21.7 Å². The van der Waals surface area contributed by atoms with Gasteiger partial charge in [0.1, 0.15) is 5.82 Å². The lowest BCUT2D eigenvalue weighted by Crippen LogP contribution is -2.23.